The minimum absolute atomic E-state index is 0.110. The Labute approximate surface area is 191 Å². The van der Waals surface area contributed by atoms with E-state index in [2.05, 4.69) is 76.0 Å². The first-order valence-corrected chi connectivity index (χ1v) is 12.0. The van der Waals surface area contributed by atoms with Crippen LogP contribution in [0.5, 0.6) is 0 Å². The number of hydrogen-bond acceptors (Lipinski definition) is 4. The summed E-state index contributed by atoms with van der Waals surface area (Å²) in [6.07, 6.45) is 4.38. The first-order valence-electron chi connectivity index (χ1n) is 11.0. The molecule has 4 nitrogen and oxygen atoms in total. The molecular weight excluding hydrogens is 414 g/mol. The van der Waals surface area contributed by atoms with Gasteiger partial charge in [0.05, 0.1) is 0 Å². The van der Waals surface area contributed by atoms with Crippen molar-refractivity contribution in [2.45, 2.75) is 18.8 Å². The first-order chi connectivity index (χ1) is 15.6. The number of fused-ring (bicyclic) bond motifs is 1. The molecule has 3 heterocycles. The Bertz CT molecular complexity index is 1400. The van der Waals surface area contributed by atoms with Gasteiger partial charge in [0.25, 0.3) is 5.56 Å². The van der Waals surface area contributed by atoms with Gasteiger partial charge >= 0.3 is 0 Å². The highest BCUT2D eigenvalue weighted by molar-refractivity contribution is 7.08. The lowest BCUT2D eigenvalue weighted by Gasteiger charge is -2.29. The minimum atomic E-state index is -0.110. The minimum Gasteiger partial charge on any atom is -0.361 e. The van der Waals surface area contributed by atoms with Crippen LogP contribution in [0, 0.1) is 0 Å². The molecule has 0 bridgehead atoms. The summed E-state index contributed by atoms with van der Waals surface area (Å²) in [6.45, 7) is 6.42. The second-order valence-electron chi connectivity index (χ2n) is 8.61. The molecule has 5 rings (SSSR count). The van der Waals surface area contributed by atoms with Gasteiger partial charge < -0.3 is 15.2 Å². The quantitative estimate of drug-likeness (QED) is 0.496. The van der Waals surface area contributed by atoms with Crippen LogP contribution in [-0.2, 0) is 0 Å². The number of likely N-dealkylation sites (tertiary alicyclic amines) is 1. The largest absolute Gasteiger partial charge is 0.361 e. The number of nitrogens with one attached hydrogen (secondary N) is 2. The fourth-order valence-electron chi connectivity index (χ4n) is 4.52. The van der Waals surface area contributed by atoms with Crippen molar-refractivity contribution in [2.24, 2.45) is 0 Å². The van der Waals surface area contributed by atoms with E-state index in [4.69, 9.17) is 0 Å². The third-order valence-electron chi connectivity index (χ3n) is 6.48. The van der Waals surface area contributed by atoms with E-state index in [-0.39, 0.29) is 5.56 Å². The molecule has 2 aromatic carbocycles. The van der Waals surface area contributed by atoms with E-state index in [1.54, 1.807) is 11.3 Å². The molecule has 0 radical (unpaired) electrons. The van der Waals surface area contributed by atoms with Crippen molar-refractivity contribution in [3.8, 4) is 11.1 Å². The zero-order valence-corrected chi connectivity index (χ0v) is 19.0. The number of piperidine rings is 1. The van der Waals surface area contributed by atoms with Gasteiger partial charge in [-0.2, -0.15) is 11.3 Å². The Morgan fingerprint density at radius 1 is 1.06 bits per heavy atom. The molecule has 2 aromatic heterocycles. The van der Waals surface area contributed by atoms with E-state index >= 15 is 0 Å². The SMILES string of the molecule is C=c1[nH]c(=O)c2ccc(-c3ccsc3)cc2/c1=C/Nc1ccc(C2CCN(C)CC2)cc1. The fraction of sp³-hybridized carbons (Fsp3) is 0.222. The first kappa shape index (κ1) is 20.7. The van der Waals surface area contributed by atoms with Crippen LogP contribution < -0.4 is 21.4 Å². The van der Waals surface area contributed by atoms with E-state index in [0.29, 0.717) is 16.7 Å². The number of pyridine rings is 1. The smallest absolute Gasteiger partial charge is 0.256 e. The van der Waals surface area contributed by atoms with Gasteiger partial charge in [-0.05, 0) is 102 Å². The molecule has 4 aromatic rings. The van der Waals surface area contributed by atoms with E-state index in [1.165, 1.54) is 18.4 Å². The number of anilines is 1. The zero-order chi connectivity index (χ0) is 22.1. The van der Waals surface area contributed by atoms with Crippen LogP contribution in [0.15, 0.2) is 64.1 Å². The third kappa shape index (κ3) is 4.14. The number of benzene rings is 2. The highest BCUT2D eigenvalue weighted by Gasteiger charge is 2.18. The average Bonchev–Trinajstić information content (AvgIpc) is 3.35. The number of nitrogens with zero attached hydrogens (tertiary/aromatic N) is 1. The maximum absolute atomic E-state index is 12.5. The van der Waals surface area contributed by atoms with Gasteiger partial charge in [-0.25, -0.2) is 0 Å². The number of aromatic nitrogens is 1. The second kappa shape index (κ2) is 8.77. The normalized spacial score (nSPS) is 16.0. The van der Waals surface area contributed by atoms with Gasteiger partial charge in [-0.15, -0.1) is 0 Å². The van der Waals surface area contributed by atoms with Crippen molar-refractivity contribution in [1.82, 2.24) is 9.88 Å². The molecule has 0 spiro atoms. The van der Waals surface area contributed by atoms with Gasteiger partial charge in [0, 0.05) is 27.8 Å². The lowest BCUT2D eigenvalue weighted by atomic mass is 9.89. The monoisotopic (exact) mass is 441 g/mol. The summed E-state index contributed by atoms with van der Waals surface area (Å²) >= 11 is 1.67. The number of H-pyrrole nitrogens is 1. The highest BCUT2D eigenvalue weighted by atomic mass is 32.1. The molecule has 0 unspecified atom stereocenters. The molecule has 2 N–H and O–H groups in total. The Kier molecular flexibility index (Phi) is 5.68. The molecule has 0 saturated carbocycles. The lowest BCUT2D eigenvalue weighted by molar-refractivity contribution is 0.255. The average molecular weight is 442 g/mol. The summed E-state index contributed by atoms with van der Waals surface area (Å²) in [5, 5.41) is 10.7. The summed E-state index contributed by atoms with van der Waals surface area (Å²) < 4.78 is 0. The second-order valence-corrected chi connectivity index (χ2v) is 9.39. The van der Waals surface area contributed by atoms with Crippen molar-refractivity contribution in [2.75, 3.05) is 25.5 Å². The molecular formula is C27H27N3OS. The number of hydrogen-bond donors (Lipinski definition) is 2. The van der Waals surface area contributed by atoms with E-state index in [0.717, 1.165) is 40.5 Å². The van der Waals surface area contributed by atoms with Crippen LogP contribution in [0.1, 0.15) is 24.3 Å². The van der Waals surface area contributed by atoms with Crippen molar-refractivity contribution >= 4 is 40.6 Å². The molecule has 0 atom stereocenters. The van der Waals surface area contributed by atoms with Gasteiger partial charge in [0.2, 0.25) is 0 Å². The van der Waals surface area contributed by atoms with Crippen molar-refractivity contribution < 1.29 is 0 Å². The molecule has 5 heteroatoms. The van der Waals surface area contributed by atoms with Crippen LogP contribution in [0.4, 0.5) is 5.69 Å². The van der Waals surface area contributed by atoms with E-state index < -0.39 is 0 Å². The zero-order valence-electron chi connectivity index (χ0n) is 18.2. The van der Waals surface area contributed by atoms with Crippen LogP contribution >= 0.6 is 11.3 Å². The molecule has 162 valence electrons. The Morgan fingerprint density at radius 3 is 2.56 bits per heavy atom. The van der Waals surface area contributed by atoms with E-state index in [1.807, 2.05) is 18.3 Å². The maximum atomic E-state index is 12.5. The number of thiophene rings is 1. The Morgan fingerprint density at radius 2 is 1.84 bits per heavy atom. The highest BCUT2D eigenvalue weighted by Crippen LogP contribution is 2.28. The maximum Gasteiger partial charge on any atom is 0.256 e. The van der Waals surface area contributed by atoms with Gasteiger partial charge in [-0.3, -0.25) is 4.79 Å². The molecule has 0 amide bonds. The number of aromatic amines is 1. The molecule has 1 aliphatic rings. The lowest BCUT2D eigenvalue weighted by Crippen LogP contribution is -2.34. The topological polar surface area (TPSA) is 48.1 Å². The van der Waals surface area contributed by atoms with Crippen LogP contribution in [0.25, 0.3) is 34.7 Å². The fourth-order valence-corrected chi connectivity index (χ4v) is 5.19. The summed E-state index contributed by atoms with van der Waals surface area (Å²) in [5.41, 5.74) is 4.58. The molecule has 1 fully saturated rings. The van der Waals surface area contributed by atoms with Crippen molar-refractivity contribution in [3.05, 3.63) is 85.8 Å². The van der Waals surface area contributed by atoms with Crippen LogP contribution in [0.2, 0.25) is 0 Å². The summed E-state index contributed by atoms with van der Waals surface area (Å²) in [5.74, 6) is 0.648. The van der Waals surface area contributed by atoms with Crippen LogP contribution in [-0.4, -0.2) is 30.0 Å². The molecule has 1 aliphatic heterocycles. The summed E-state index contributed by atoms with van der Waals surface area (Å²) in [7, 11) is 2.19. The standard InChI is InChI=1S/C27H27N3OS/c1-18-26(16-28-23-6-3-19(4-7-23)20-9-12-30(2)13-10-20)25-15-21(22-11-14-32-17-22)5-8-24(25)27(31)29-18/h3-8,11,14-17,20,28H,1,9-10,12-13H2,2H3,(H,29,31)/b26-16+. The van der Waals surface area contributed by atoms with Crippen molar-refractivity contribution in [1.29, 1.82) is 0 Å². The van der Waals surface area contributed by atoms with Crippen molar-refractivity contribution in [3.63, 3.8) is 0 Å². The third-order valence-corrected chi connectivity index (χ3v) is 7.17. The van der Waals surface area contributed by atoms with Crippen LogP contribution in [0.3, 0.4) is 0 Å². The molecule has 1 saturated heterocycles. The van der Waals surface area contributed by atoms with E-state index in [9.17, 15) is 4.79 Å². The van der Waals surface area contributed by atoms with Gasteiger partial charge in [0.1, 0.15) is 0 Å². The molecule has 32 heavy (non-hydrogen) atoms. The number of rotatable bonds is 4. The summed E-state index contributed by atoms with van der Waals surface area (Å²) in [4.78, 5) is 17.8. The van der Waals surface area contributed by atoms with Gasteiger partial charge in [0.15, 0.2) is 0 Å². The predicted molar refractivity (Wildman–Crippen MR) is 137 cm³/mol. The molecule has 0 aliphatic carbocycles. The predicted octanol–water partition coefficient (Wildman–Crippen LogP) is 4.33. The summed E-state index contributed by atoms with van der Waals surface area (Å²) in [6, 6.07) is 16.8. The Balaban J connectivity index is 1.47. The Hall–Kier alpha value is -3.15. The van der Waals surface area contributed by atoms with Gasteiger partial charge in [-0.1, -0.05) is 24.8 Å².